The second-order valence-corrected chi connectivity index (χ2v) is 4.07. The minimum atomic E-state index is 0.0327. The van der Waals surface area contributed by atoms with Crippen LogP contribution in [0.15, 0.2) is 34.9 Å². The molecule has 0 bridgehead atoms. The molecule has 0 fully saturated rings. The Morgan fingerprint density at radius 3 is 2.88 bits per heavy atom. The smallest absolute Gasteiger partial charge is 0.129 e. The van der Waals surface area contributed by atoms with Gasteiger partial charge in [-0.05, 0) is 36.8 Å². The first-order valence-electron chi connectivity index (χ1n) is 5.51. The molecule has 90 valence electrons. The number of nitrogens with zero attached hydrogens (tertiary/aromatic N) is 2. The lowest BCUT2D eigenvalue weighted by molar-refractivity contribution is 0.281. The fraction of sp³-hybridized carbons (Fsp3) is 0.308. The summed E-state index contributed by atoms with van der Waals surface area (Å²) in [5.74, 6) is 1.73. The Morgan fingerprint density at radius 2 is 2.24 bits per heavy atom. The highest BCUT2D eigenvalue weighted by molar-refractivity contribution is 5.41. The van der Waals surface area contributed by atoms with Gasteiger partial charge in [-0.1, -0.05) is 0 Å². The summed E-state index contributed by atoms with van der Waals surface area (Å²) in [6.07, 6.45) is 1.66. The molecule has 0 amide bonds. The summed E-state index contributed by atoms with van der Waals surface area (Å²) in [5.41, 5.74) is 1.77. The van der Waals surface area contributed by atoms with Gasteiger partial charge in [0.15, 0.2) is 0 Å². The van der Waals surface area contributed by atoms with Crippen molar-refractivity contribution in [2.24, 2.45) is 0 Å². The average Bonchev–Trinajstić information content (AvgIpc) is 2.81. The number of anilines is 1. The monoisotopic (exact) mass is 232 g/mol. The van der Waals surface area contributed by atoms with E-state index >= 15 is 0 Å². The van der Waals surface area contributed by atoms with Crippen molar-refractivity contribution in [3.05, 3.63) is 47.5 Å². The van der Waals surface area contributed by atoms with E-state index in [1.165, 1.54) is 0 Å². The number of rotatable bonds is 4. The van der Waals surface area contributed by atoms with Gasteiger partial charge in [0.25, 0.3) is 0 Å². The van der Waals surface area contributed by atoms with Crippen LogP contribution in [0.25, 0.3) is 0 Å². The molecule has 0 spiro atoms. The first kappa shape index (κ1) is 11.7. The molecule has 0 unspecified atom stereocenters. The summed E-state index contributed by atoms with van der Waals surface area (Å²) in [6, 6.07) is 7.56. The molecule has 4 nitrogen and oxygen atoms in total. The third kappa shape index (κ3) is 2.85. The molecule has 0 radical (unpaired) electrons. The Balaban J connectivity index is 2.18. The van der Waals surface area contributed by atoms with Crippen LogP contribution in [0.3, 0.4) is 0 Å². The van der Waals surface area contributed by atoms with Gasteiger partial charge in [-0.2, -0.15) is 0 Å². The lowest BCUT2D eigenvalue weighted by atomic mass is 10.2. The first-order valence-corrected chi connectivity index (χ1v) is 5.51. The van der Waals surface area contributed by atoms with Gasteiger partial charge in [0.1, 0.15) is 11.6 Å². The van der Waals surface area contributed by atoms with Crippen molar-refractivity contribution >= 4 is 5.82 Å². The van der Waals surface area contributed by atoms with Gasteiger partial charge in [0, 0.05) is 12.7 Å². The zero-order chi connectivity index (χ0) is 12.3. The molecule has 2 aromatic heterocycles. The highest BCUT2D eigenvalue weighted by atomic mass is 16.3. The summed E-state index contributed by atoms with van der Waals surface area (Å²) < 4.78 is 5.29. The van der Waals surface area contributed by atoms with Gasteiger partial charge in [-0.15, -0.1) is 0 Å². The molecule has 17 heavy (non-hydrogen) atoms. The van der Waals surface area contributed by atoms with Gasteiger partial charge in [0.05, 0.1) is 19.4 Å². The van der Waals surface area contributed by atoms with Crippen LogP contribution in [0.1, 0.15) is 17.0 Å². The van der Waals surface area contributed by atoms with Crippen molar-refractivity contribution in [2.45, 2.75) is 20.1 Å². The number of aliphatic hydroxyl groups is 1. The van der Waals surface area contributed by atoms with E-state index < -0.39 is 0 Å². The molecule has 0 aromatic carbocycles. The molecule has 2 heterocycles. The van der Waals surface area contributed by atoms with Crippen LogP contribution in [0.2, 0.25) is 0 Å². The number of aryl methyl sites for hydroxylation is 1. The van der Waals surface area contributed by atoms with E-state index in [1.807, 2.05) is 43.1 Å². The fourth-order valence-corrected chi connectivity index (χ4v) is 1.73. The molecule has 0 saturated carbocycles. The Morgan fingerprint density at radius 1 is 1.41 bits per heavy atom. The van der Waals surface area contributed by atoms with Crippen LogP contribution < -0.4 is 4.90 Å². The van der Waals surface area contributed by atoms with Crippen LogP contribution >= 0.6 is 0 Å². The van der Waals surface area contributed by atoms with E-state index in [0.717, 1.165) is 22.8 Å². The molecule has 1 N–H and O–H groups in total. The van der Waals surface area contributed by atoms with Gasteiger partial charge < -0.3 is 14.4 Å². The predicted molar refractivity (Wildman–Crippen MR) is 65.7 cm³/mol. The third-order valence-corrected chi connectivity index (χ3v) is 2.55. The summed E-state index contributed by atoms with van der Waals surface area (Å²) >= 11 is 0. The zero-order valence-electron chi connectivity index (χ0n) is 10.1. The third-order valence-electron chi connectivity index (χ3n) is 2.55. The largest absolute Gasteiger partial charge is 0.467 e. The number of furan rings is 1. The van der Waals surface area contributed by atoms with E-state index in [1.54, 1.807) is 6.26 Å². The summed E-state index contributed by atoms with van der Waals surface area (Å²) in [5, 5.41) is 9.16. The predicted octanol–water partition coefficient (Wildman–Crippen LogP) is 2.11. The minimum absolute atomic E-state index is 0.0327. The van der Waals surface area contributed by atoms with Crippen molar-refractivity contribution < 1.29 is 9.52 Å². The van der Waals surface area contributed by atoms with E-state index in [-0.39, 0.29) is 6.61 Å². The molecule has 0 aliphatic heterocycles. The standard InChI is InChI=1S/C13H16N2O2/c1-10-6-11(9-16)7-13(14-10)15(2)8-12-4-3-5-17-12/h3-7,16H,8-9H2,1-2H3. The maximum Gasteiger partial charge on any atom is 0.129 e. The number of hydrogen-bond donors (Lipinski definition) is 1. The van der Waals surface area contributed by atoms with Crippen molar-refractivity contribution in [3.8, 4) is 0 Å². The van der Waals surface area contributed by atoms with Crippen LogP contribution in [-0.2, 0) is 13.2 Å². The topological polar surface area (TPSA) is 49.5 Å². The summed E-state index contributed by atoms with van der Waals surface area (Å²) in [7, 11) is 1.95. The maximum atomic E-state index is 9.16. The van der Waals surface area contributed by atoms with Gasteiger partial charge >= 0.3 is 0 Å². The summed E-state index contributed by atoms with van der Waals surface area (Å²) in [6.45, 7) is 2.61. The SMILES string of the molecule is Cc1cc(CO)cc(N(C)Cc2ccco2)n1. The number of pyridine rings is 1. The molecule has 2 rings (SSSR count). The Labute approximate surface area is 101 Å². The Hall–Kier alpha value is -1.81. The van der Waals surface area contributed by atoms with Gasteiger partial charge in [-0.25, -0.2) is 4.98 Å². The van der Waals surface area contributed by atoms with Crippen LogP contribution in [0.5, 0.6) is 0 Å². The molecule has 0 atom stereocenters. The first-order chi connectivity index (χ1) is 8.19. The minimum Gasteiger partial charge on any atom is -0.467 e. The molecule has 0 aliphatic carbocycles. The van der Waals surface area contributed by atoms with Gasteiger partial charge in [-0.3, -0.25) is 0 Å². The lowest BCUT2D eigenvalue weighted by Crippen LogP contribution is -2.17. The van der Waals surface area contributed by atoms with E-state index in [0.29, 0.717) is 6.54 Å². The van der Waals surface area contributed by atoms with Crippen molar-refractivity contribution in [1.29, 1.82) is 0 Å². The fourth-order valence-electron chi connectivity index (χ4n) is 1.73. The highest BCUT2D eigenvalue weighted by Gasteiger charge is 2.07. The molecule has 0 saturated heterocycles. The normalized spacial score (nSPS) is 10.5. The Kier molecular flexibility index (Phi) is 3.44. The molecular formula is C13H16N2O2. The second-order valence-electron chi connectivity index (χ2n) is 4.07. The quantitative estimate of drug-likeness (QED) is 0.877. The van der Waals surface area contributed by atoms with Crippen LogP contribution in [0, 0.1) is 6.92 Å². The van der Waals surface area contributed by atoms with Crippen molar-refractivity contribution in [1.82, 2.24) is 4.98 Å². The van der Waals surface area contributed by atoms with E-state index in [9.17, 15) is 0 Å². The summed E-state index contributed by atoms with van der Waals surface area (Å²) in [4.78, 5) is 6.43. The van der Waals surface area contributed by atoms with E-state index in [4.69, 9.17) is 9.52 Å². The van der Waals surface area contributed by atoms with Crippen molar-refractivity contribution in [2.75, 3.05) is 11.9 Å². The zero-order valence-corrected chi connectivity index (χ0v) is 10.1. The molecule has 4 heteroatoms. The number of aromatic nitrogens is 1. The van der Waals surface area contributed by atoms with Crippen LogP contribution in [0.4, 0.5) is 5.82 Å². The van der Waals surface area contributed by atoms with Gasteiger partial charge in [0.2, 0.25) is 0 Å². The Bertz CT molecular complexity index is 480. The highest BCUT2D eigenvalue weighted by Crippen LogP contribution is 2.16. The second kappa shape index (κ2) is 5.01. The number of aliphatic hydroxyl groups excluding tert-OH is 1. The maximum absolute atomic E-state index is 9.16. The lowest BCUT2D eigenvalue weighted by Gasteiger charge is -2.18. The number of hydrogen-bond acceptors (Lipinski definition) is 4. The van der Waals surface area contributed by atoms with Crippen molar-refractivity contribution in [3.63, 3.8) is 0 Å². The average molecular weight is 232 g/mol. The molecule has 2 aromatic rings. The molecule has 0 aliphatic rings. The van der Waals surface area contributed by atoms with E-state index in [2.05, 4.69) is 4.98 Å². The molecular weight excluding hydrogens is 216 g/mol. The van der Waals surface area contributed by atoms with Crippen LogP contribution in [-0.4, -0.2) is 17.1 Å².